The van der Waals surface area contributed by atoms with E-state index in [4.69, 9.17) is 0 Å². The van der Waals surface area contributed by atoms with Crippen LogP contribution in [0.15, 0.2) is 30.5 Å². The lowest BCUT2D eigenvalue weighted by Gasteiger charge is -2.15. The van der Waals surface area contributed by atoms with E-state index in [-0.39, 0.29) is 11.8 Å². The van der Waals surface area contributed by atoms with Gasteiger partial charge in [-0.3, -0.25) is 14.6 Å². The molecule has 2 amide bonds. The number of carbonyl (C=O) groups is 2. The largest absolute Gasteiger partial charge is 0.366 e. The van der Waals surface area contributed by atoms with Crippen molar-refractivity contribution in [1.82, 2.24) is 20.2 Å². The maximum Gasteiger partial charge on any atom is 0.256 e. The second kappa shape index (κ2) is 7.95. The molecule has 0 aromatic carbocycles. The van der Waals surface area contributed by atoms with Gasteiger partial charge in [0.1, 0.15) is 5.82 Å². The zero-order valence-corrected chi connectivity index (χ0v) is 15.1. The van der Waals surface area contributed by atoms with Crippen LogP contribution in [0.1, 0.15) is 40.7 Å². The molecule has 1 aliphatic rings. The molecule has 3 rings (SSSR count). The van der Waals surface area contributed by atoms with E-state index >= 15 is 0 Å². The molecule has 3 heterocycles. The smallest absolute Gasteiger partial charge is 0.256 e. The summed E-state index contributed by atoms with van der Waals surface area (Å²) in [6.07, 6.45) is 2.22. The average Bonchev–Trinajstić information content (AvgIpc) is 2.96. The Morgan fingerprint density at radius 3 is 2.92 bits per heavy atom. The van der Waals surface area contributed by atoms with Gasteiger partial charge in [-0.15, -0.1) is 0 Å². The van der Waals surface area contributed by atoms with Crippen molar-refractivity contribution in [2.75, 3.05) is 18.4 Å². The first-order valence-corrected chi connectivity index (χ1v) is 8.78. The Hall–Kier alpha value is -2.96. The third-order valence-electron chi connectivity index (χ3n) is 4.43. The Bertz CT molecular complexity index is 821. The number of amides is 2. The van der Waals surface area contributed by atoms with Crippen molar-refractivity contribution in [1.29, 1.82) is 0 Å². The Morgan fingerprint density at radius 2 is 2.15 bits per heavy atom. The molecule has 1 aliphatic heterocycles. The molecule has 7 nitrogen and oxygen atoms in total. The van der Waals surface area contributed by atoms with E-state index in [0.717, 1.165) is 22.8 Å². The van der Waals surface area contributed by atoms with Gasteiger partial charge in [-0.2, -0.15) is 0 Å². The summed E-state index contributed by atoms with van der Waals surface area (Å²) in [6, 6.07) is 7.57. The zero-order chi connectivity index (χ0) is 18.5. The van der Waals surface area contributed by atoms with Gasteiger partial charge >= 0.3 is 0 Å². The number of carbonyl (C=O) groups excluding carboxylic acids is 2. The highest BCUT2D eigenvalue weighted by molar-refractivity contribution is 5.98. The van der Waals surface area contributed by atoms with E-state index in [1.807, 2.05) is 31.2 Å². The van der Waals surface area contributed by atoms with Gasteiger partial charge in [0.2, 0.25) is 5.91 Å². The molecular formula is C19H23N5O2. The lowest BCUT2D eigenvalue weighted by atomic mass is 10.2. The molecule has 0 aliphatic carbocycles. The van der Waals surface area contributed by atoms with E-state index in [2.05, 4.69) is 20.6 Å². The van der Waals surface area contributed by atoms with E-state index in [1.165, 1.54) is 0 Å². The van der Waals surface area contributed by atoms with Crippen molar-refractivity contribution in [3.8, 4) is 0 Å². The van der Waals surface area contributed by atoms with Gasteiger partial charge in [-0.05, 0) is 30.7 Å². The number of fused-ring (bicyclic) bond motifs is 1. The van der Waals surface area contributed by atoms with Crippen molar-refractivity contribution in [3.05, 3.63) is 53.0 Å². The first kappa shape index (κ1) is 17.8. The highest BCUT2D eigenvalue weighted by atomic mass is 16.2. The number of aryl methyl sites for hydroxylation is 1. The predicted octanol–water partition coefficient (Wildman–Crippen LogP) is 1.88. The van der Waals surface area contributed by atoms with Crippen molar-refractivity contribution in [2.45, 2.75) is 33.4 Å². The van der Waals surface area contributed by atoms with Crippen LogP contribution in [0.4, 0.5) is 5.82 Å². The quantitative estimate of drug-likeness (QED) is 0.794. The number of pyridine rings is 2. The fourth-order valence-electron chi connectivity index (χ4n) is 2.86. The lowest BCUT2D eigenvalue weighted by Crippen LogP contribution is -2.34. The number of aromatic nitrogens is 2. The van der Waals surface area contributed by atoms with Crippen LogP contribution in [0.5, 0.6) is 0 Å². The molecular weight excluding hydrogens is 330 g/mol. The van der Waals surface area contributed by atoms with E-state index in [0.29, 0.717) is 38.2 Å². The zero-order valence-electron chi connectivity index (χ0n) is 15.1. The van der Waals surface area contributed by atoms with Gasteiger partial charge < -0.3 is 15.5 Å². The molecule has 0 fully saturated rings. The van der Waals surface area contributed by atoms with Gasteiger partial charge in [0.15, 0.2) is 0 Å². The number of nitrogens with zero attached hydrogens (tertiary/aromatic N) is 3. The molecule has 0 radical (unpaired) electrons. The first-order chi connectivity index (χ1) is 12.6. The Balaban J connectivity index is 1.60. The molecule has 7 heteroatoms. The van der Waals surface area contributed by atoms with E-state index in [1.54, 1.807) is 18.0 Å². The molecule has 0 spiro atoms. The van der Waals surface area contributed by atoms with Crippen LogP contribution in [0.2, 0.25) is 0 Å². The standard InChI is InChI=1S/C19H23N5O2/c1-3-18(25)21-9-10-24-12-16-15(19(24)26)6-7-17(23-16)22-11-14-5-4-8-20-13(14)2/h4-8H,3,9-12H2,1-2H3,(H,21,25)(H,22,23). The monoisotopic (exact) mass is 353 g/mol. The van der Waals surface area contributed by atoms with Crippen molar-refractivity contribution < 1.29 is 9.59 Å². The molecule has 2 aromatic heterocycles. The van der Waals surface area contributed by atoms with Crippen LogP contribution in [0.3, 0.4) is 0 Å². The lowest BCUT2D eigenvalue weighted by molar-refractivity contribution is -0.120. The maximum atomic E-state index is 12.4. The highest BCUT2D eigenvalue weighted by Gasteiger charge is 2.28. The minimum atomic E-state index is -0.0344. The minimum absolute atomic E-state index is 0.00975. The summed E-state index contributed by atoms with van der Waals surface area (Å²) in [6.45, 7) is 5.82. The van der Waals surface area contributed by atoms with Crippen LogP contribution >= 0.6 is 0 Å². The SMILES string of the molecule is CCC(=O)NCCN1Cc2nc(NCc3cccnc3C)ccc2C1=O. The number of rotatable bonds is 7. The number of nitrogens with one attached hydrogen (secondary N) is 2. The summed E-state index contributed by atoms with van der Waals surface area (Å²) in [4.78, 5) is 34.3. The van der Waals surface area contributed by atoms with Gasteiger partial charge in [0, 0.05) is 37.9 Å². The normalized spacial score (nSPS) is 12.8. The summed E-state index contributed by atoms with van der Waals surface area (Å²) >= 11 is 0. The third kappa shape index (κ3) is 3.99. The van der Waals surface area contributed by atoms with Gasteiger partial charge in [0.25, 0.3) is 5.91 Å². The van der Waals surface area contributed by atoms with E-state index < -0.39 is 0 Å². The summed E-state index contributed by atoms with van der Waals surface area (Å²) in [5.41, 5.74) is 3.50. The van der Waals surface area contributed by atoms with Gasteiger partial charge in [-0.1, -0.05) is 13.0 Å². The molecule has 2 aromatic rings. The Morgan fingerprint density at radius 1 is 1.31 bits per heavy atom. The van der Waals surface area contributed by atoms with Gasteiger partial charge in [-0.25, -0.2) is 4.98 Å². The molecule has 0 saturated carbocycles. The van der Waals surface area contributed by atoms with Crippen LogP contribution < -0.4 is 10.6 Å². The number of anilines is 1. The second-order valence-corrected chi connectivity index (χ2v) is 6.22. The van der Waals surface area contributed by atoms with Crippen LogP contribution in [-0.4, -0.2) is 39.8 Å². The molecule has 2 N–H and O–H groups in total. The molecule has 0 unspecified atom stereocenters. The van der Waals surface area contributed by atoms with Gasteiger partial charge in [0.05, 0.1) is 17.8 Å². The van der Waals surface area contributed by atoms with Crippen molar-refractivity contribution >= 4 is 17.6 Å². The Labute approximate surface area is 152 Å². The van der Waals surface area contributed by atoms with Crippen LogP contribution in [-0.2, 0) is 17.9 Å². The highest BCUT2D eigenvalue weighted by Crippen LogP contribution is 2.22. The molecule has 136 valence electrons. The summed E-state index contributed by atoms with van der Waals surface area (Å²) < 4.78 is 0. The molecule has 0 atom stereocenters. The van der Waals surface area contributed by atoms with E-state index in [9.17, 15) is 9.59 Å². The molecule has 0 bridgehead atoms. The summed E-state index contributed by atoms with van der Waals surface area (Å²) in [5.74, 6) is 0.693. The van der Waals surface area contributed by atoms with Crippen molar-refractivity contribution in [3.63, 3.8) is 0 Å². The number of hydrogen-bond acceptors (Lipinski definition) is 5. The third-order valence-corrected chi connectivity index (χ3v) is 4.43. The summed E-state index contributed by atoms with van der Waals surface area (Å²) in [7, 11) is 0. The fraction of sp³-hybridized carbons (Fsp3) is 0.368. The minimum Gasteiger partial charge on any atom is -0.366 e. The number of hydrogen-bond donors (Lipinski definition) is 2. The predicted molar refractivity (Wildman–Crippen MR) is 98.6 cm³/mol. The maximum absolute atomic E-state index is 12.4. The fourth-order valence-corrected chi connectivity index (χ4v) is 2.86. The average molecular weight is 353 g/mol. The molecule has 26 heavy (non-hydrogen) atoms. The second-order valence-electron chi connectivity index (χ2n) is 6.22. The van der Waals surface area contributed by atoms with Crippen molar-refractivity contribution in [2.24, 2.45) is 0 Å². The van der Waals surface area contributed by atoms with Crippen LogP contribution in [0.25, 0.3) is 0 Å². The Kier molecular flexibility index (Phi) is 5.46. The summed E-state index contributed by atoms with van der Waals surface area (Å²) in [5, 5.41) is 6.08. The van der Waals surface area contributed by atoms with Crippen LogP contribution in [0, 0.1) is 6.92 Å². The topological polar surface area (TPSA) is 87.2 Å². The molecule has 0 saturated heterocycles. The first-order valence-electron chi connectivity index (χ1n) is 8.78.